The Morgan fingerprint density at radius 1 is 1.64 bits per heavy atom. The Morgan fingerprint density at radius 2 is 2.27 bits per heavy atom. The van der Waals surface area contributed by atoms with Crippen LogP contribution in [0.4, 0.5) is 0 Å². The van der Waals surface area contributed by atoms with E-state index in [2.05, 4.69) is 4.37 Å². The van der Waals surface area contributed by atoms with Crippen LogP contribution in [0.1, 0.15) is 12.6 Å². The molecule has 0 bridgehead atoms. The van der Waals surface area contributed by atoms with E-state index < -0.39 is 9.84 Å². The fourth-order valence-electron chi connectivity index (χ4n) is 0.737. The molecule has 0 atom stereocenters. The fourth-order valence-corrected chi connectivity index (χ4v) is 2.89. The van der Waals surface area contributed by atoms with Crippen LogP contribution in [0.15, 0.2) is 10.3 Å². The maximum absolute atomic E-state index is 11.2. The summed E-state index contributed by atoms with van der Waals surface area (Å²) < 4.78 is 26.4. The second kappa shape index (κ2) is 2.91. The summed E-state index contributed by atoms with van der Waals surface area (Å²) in [5, 5.41) is 1.58. The lowest BCUT2D eigenvalue weighted by atomic mass is 10.5. The predicted molar refractivity (Wildman–Crippen MR) is 44.6 cm³/mol. The van der Waals surface area contributed by atoms with Gasteiger partial charge in [0, 0.05) is 5.38 Å². The third-order valence-electron chi connectivity index (χ3n) is 1.42. The minimum Gasteiger partial charge on any atom is -0.224 e. The first-order chi connectivity index (χ1) is 5.08. The van der Waals surface area contributed by atoms with Gasteiger partial charge in [-0.05, 0) is 18.5 Å². The molecule has 1 rings (SSSR count). The standard InChI is InChI=1S/C6H9NO2S2/c1-3-11(8,9)6-4-10-7-5(6)2/h4H,3H2,1-2H3. The van der Waals surface area contributed by atoms with Crippen LogP contribution in [0.2, 0.25) is 0 Å². The van der Waals surface area contributed by atoms with Gasteiger partial charge in [0.25, 0.3) is 0 Å². The molecule has 1 aromatic rings. The van der Waals surface area contributed by atoms with Gasteiger partial charge in [-0.1, -0.05) is 6.92 Å². The van der Waals surface area contributed by atoms with E-state index in [1.807, 2.05) is 0 Å². The molecule has 62 valence electrons. The summed E-state index contributed by atoms with van der Waals surface area (Å²) in [6.07, 6.45) is 0. The van der Waals surface area contributed by atoms with Crippen molar-refractivity contribution >= 4 is 21.4 Å². The van der Waals surface area contributed by atoms with Gasteiger partial charge in [0.05, 0.1) is 11.4 Å². The molecule has 1 aromatic heterocycles. The van der Waals surface area contributed by atoms with Crippen LogP contribution in [-0.4, -0.2) is 18.5 Å². The van der Waals surface area contributed by atoms with Gasteiger partial charge in [-0.15, -0.1) is 0 Å². The van der Waals surface area contributed by atoms with Gasteiger partial charge in [0.15, 0.2) is 9.84 Å². The summed E-state index contributed by atoms with van der Waals surface area (Å²) in [7, 11) is -3.04. The third kappa shape index (κ3) is 1.59. The Labute approximate surface area is 70.2 Å². The molecular formula is C6H9NO2S2. The lowest BCUT2D eigenvalue weighted by Crippen LogP contribution is -2.03. The molecular weight excluding hydrogens is 182 g/mol. The monoisotopic (exact) mass is 191 g/mol. The van der Waals surface area contributed by atoms with E-state index in [4.69, 9.17) is 0 Å². The number of rotatable bonds is 2. The molecule has 5 heteroatoms. The maximum atomic E-state index is 11.2. The Kier molecular flexibility index (Phi) is 2.29. The van der Waals surface area contributed by atoms with E-state index in [1.165, 1.54) is 11.5 Å². The normalized spacial score (nSPS) is 11.8. The third-order valence-corrected chi connectivity index (χ3v) is 4.13. The van der Waals surface area contributed by atoms with E-state index in [0.29, 0.717) is 10.6 Å². The van der Waals surface area contributed by atoms with Crippen molar-refractivity contribution in [1.29, 1.82) is 0 Å². The average molecular weight is 191 g/mol. The Bertz CT molecular complexity index is 339. The number of hydrogen-bond acceptors (Lipinski definition) is 4. The summed E-state index contributed by atoms with van der Waals surface area (Å²) in [6, 6.07) is 0. The topological polar surface area (TPSA) is 47.0 Å². The van der Waals surface area contributed by atoms with Crippen molar-refractivity contribution in [3.8, 4) is 0 Å². The zero-order valence-electron chi connectivity index (χ0n) is 6.36. The highest BCUT2D eigenvalue weighted by atomic mass is 32.2. The van der Waals surface area contributed by atoms with Crippen molar-refractivity contribution in [3.05, 3.63) is 11.1 Å². The smallest absolute Gasteiger partial charge is 0.180 e. The first kappa shape index (κ1) is 8.67. The molecule has 0 aromatic carbocycles. The fraction of sp³-hybridized carbons (Fsp3) is 0.500. The highest BCUT2D eigenvalue weighted by Gasteiger charge is 2.15. The van der Waals surface area contributed by atoms with Crippen LogP contribution in [0.25, 0.3) is 0 Å². The summed E-state index contributed by atoms with van der Waals surface area (Å²) in [4.78, 5) is 0.380. The molecule has 1 heterocycles. The number of sulfone groups is 1. The quantitative estimate of drug-likeness (QED) is 0.706. The molecule has 0 unspecified atom stereocenters. The summed E-state index contributed by atoms with van der Waals surface area (Å²) in [5.74, 6) is 0.145. The minimum absolute atomic E-state index is 0.145. The average Bonchev–Trinajstić information content (AvgIpc) is 2.36. The van der Waals surface area contributed by atoms with Crippen molar-refractivity contribution in [2.45, 2.75) is 18.7 Å². The molecule has 0 spiro atoms. The summed E-state index contributed by atoms with van der Waals surface area (Å²) in [6.45, 7) is 3.34. The summed E-state index contributed by atoms with van der Waals surface area (Å²) >= 11 is 1.18. The van der Waals surface area contributed by atoms with E-state index in [1.54, 1.807) is 19.2 Å². The van der Waals surface area contributed by atoms with Crippen LogP contribution in [-0.2, 0) is 9.84 Å². The second-order valence-corrected chi connectivity index (χ2v) is 5.04. The van der Waals surface area contributed by atoms with Crippen molar-refractivity contribution in [2.24, 2.45) is 0 Å². The molecule has 0 aliphatic carbocycles. The molecule has 0 aliphatic rings. The number of aromatic nitrogens is 1. The Hall–Kier alpha value is -0.420. The number of hydrogen-bond donors (Lipinski definition) is 0. The van der Waals surface area contributed by atoms with Crippen LogP contribution in [0.5, 0.6) is 0 Å². The van der Waals surface area contributed by atoms with Gasteiger partial charge in [0.1, 0.15) is 4.90 Å². The molecule has 0 saturated heterocycles. The largest absolute Gasteiger partial charge is 0.224 e. The van der Waals surface area contributed by atoms with Crippen molar-refractivity contribution in [3.63, 3.8) is 0 Å². The highest BCUT2D eigenvalue weighted by Crippen LogP contribution is 2.16. The van der Waals surface area contributed by atoms with Crippen molar-refractivity contribution < 1.29 is 8.42 Å². The minimum atomic E-state index is -3.04. The molecule has 0 aliphatic heterocycles. The van der Waals surface area contributed by atoms with E-state index in [9.17, 15) is 8.42 Å². The molecule has 0 N–H and O–H groups in total. The highest BCUT2D eigenvalue weighted by molar-refractivity contribution is 7.91. The van der Waals surface area contributed by atoms with Gasteiger partial charge in [0.2, 0.25) is 0 Å². The zero-order valence-corrected chi connectivity index (χ0v) is 8.00. The molecule has 3 nitrogen and oxygen atoms in total. The van der Waals surface area contributed by atoms with E-state index in [-0.39, 0.29) is 5.75 Å². The van der Waals surface area contributed by atoms with Gasteiger partial charge in [-0.2, -0.15) is 4.37 Å². The van der Waals surface area contributed by atoms with Crippen LogP contribution < -0.4 is 0 Å². The van der Waals surface area contributed by atoms with Crippen LogP contribution >= 0.6 is 11.5 Å². The van der Waals surface area contributed by atoms with E-state index in [0.717, 1.165) is 0 Å². The van der Waals surface area contributed by atoms with Crippen molar-refractivity contribution in [2.75, 3.05) is 5.75 Å². The molecule has 11 heavy (non-hydrogen) atoms. The number of nitrogens with zero attached hydrogens (tertiary/aromatic N) is 1. The van der Waals surface area contributed by atoms with Gasteiger partial charge < -0.3 is 0 Å². The SMILES string of the molecule is CCS(=O)(=O)c1csnc1C. The molecule has 0 saturated carbocycles. The first-order valence-electron chi connectivity index (χ1n) is 3.21. The number of aryl methyl sites for hydroxylation is 1. The van der Waals surface area contributed by atoms with Gasteiger partial charge >= 0.3 is 0 Å². The first-order valence-corrected chi connectivity index (χ1v) is 5.70. The summed E-state index contributed by atoms with van der Waals surface area (Å²) in [5.41, 5.74) is 0.608. The molecule has 0 fully saturated rings. The Balaban J connectivity index is 3.22. The van der Waals surface area contributed by atoms with Crippen LogP contribution in [0.3, 0.4) is 0 Å². The second-order valence-electron chi connectivity index (χ2n) is 2.17. The molecule has 0 amide bonds. The van der Waals surface area contributed by atoms with Crippen molar-refractivity contribution in [1.82, 2.24) is 4.37 Å². The Morgan fingerprint density at radius 3 is 2.64 bits per heavy atom. The van der Waals surface area contributed by atoms with Crippen LogP contribution in [0, 0.1) is 6.92 Å². The molecule has 0 radical (unpaired) electrons. The predicted octanol–water partition coefficient (Wildman–Crippen LogP) is 1.25. The lowest BCUT2D eigenvalue weighted by Gasteiger charge is -1.96. The van der Waals surface area contributed by atoms with E-state index >= 15 is 0 Å². The maximum Gasteiger partial charge on any atom is 0.180 e. The zero-order chi connectivity index (χ0) is 8.48. The van der Waals surface area contributed by atoms with Gasteiger partial charge in [-0.25, -0.2) is 8.42 Å². The lowest BCUT2D eigenvalue weighted by molar-refractivity contribution is 0.597. The van der Waals surface area contributed by atoms with Gasteiger partial charge in [-0.3, -0.25) is 0 Å².